The van der Waals surface area contributed by atoms with Gasteiger partial charge in [-0.1, -0.05) is 58.0 Å². The van der Waals surface area contributed by atoms with Crippen LogP contribution >= 0.6 is 0 Å². The molecule has 0 radical (unpaired) electrons. The lowest BCUT2D eigenvalue weighted by Crippen LogP contribution is -2.70. The number of rotatable bonds is 5. The van der Waals surface area contributed by atoms with Gasteiger partial charge < -0.3 is 29.2 Å². The van der Waals surface area contributed by atoms with Crippen molar-refractivity contribution < 1.29 is 29.2 Å². The van der Waals surface area contributed by atoms with Crippen LogP contribution in [0.4, 0.5) is 0 Å². The summed E-state index contributed by atoms with van der Waals surface area (Å²) >= 11 is 0. The Balaban J connectivity index is 1.13. The Morgan fingerprint density at radius 3 is 2.57 bits per heavy atom. The van der Waals surface area contributed by atoms with Crippen molar-refractivity contribution in [2.24, 2.45) is 34.0 Å². The van der Waals surface area contributed by atoms with E-state index in [1.165, 1.54) is 16.7 Å². The normalized spacial score (nSPS) is 45.6. The molecule has 5 aliphatic carbocycles. The molecule has 6 heteroatoms. The van der Waals surface area contributed by atoms with E-state index < -0.39 is 17.0 Å². The molecule has 9 atom stereocenters. The summed E-state index contributed by atoms with van der Waals surface area (Å²) in [5.41, 5.74) is 2.16. The van der Waals surface area contributed by atoms with E-state index in [0.717, 1.165) is 83.7 Å². The van der Waals surface area contributed by atoms with Crippen molar-refractivity contribution in [1.29, 1.82) is 0 Å². The number of ether oxygens (including phenoxy) is 4. The highest BCUT2D eigenvalue weighted by Crippen LogP contribution is 2.75. The minimum atomic E-state index is -0.867. The first-order chi connectivity index (χ1) is 21.9. The van der Waals surface area contributed by atoms with Gasteiger partial charge >= 0.3 is 0 Å². The van der Waals surface area contributed by atoms with Gasteiger partial charge in [0.25, 0.3) is 0 Å². The molecule has 2 N–H and O–H groups in total. The van der Waals surface area contributed by atoms with Crippen molar-refractivity contribution in [2.45, 2.75) is 140 Å². The first kappa shape index (κ1) is 32.0. The van der Waals surface area contributed by atoms with Gasteiger partial charge in [-0.25, -0.2) is 0 Å². The van der Waals surface area contributed by atoms with Crippen molar-refractivity contribution in [2.75, 3.05) is 26.4 Å². The minimum Gasteiger partial charge on any atom is -0.389 e. The monoisotopic (exact) mass is 634 g/mol. The molecule has 2 heterocycles. The molecule has 7 aliphatic rings. The summed E-state index contributed by atoms with van der Waals surface area (Å²) in [5, 5.41) is 25.6. The van der Waals surface area contributed by atoms with Gasteiger partial charge in [-0.3, -0.25) is 0 Å². The molecule has 46 heavy (non-hydrogen) atoms. The third-order valence-electron chi connectivity index (χ3n) is 14.6. The Labute approximate surface area is 276 Å². The first-order valence-corrected chi connectivity index (χ1v) is 18.7. The lowest BCUT2D eigenvalue weighted by Gasteiger charge is -2.70. The highest BCUT2D eigenvalue weighted by atomic mass is 16.7. The van der Waals surface area contributed by atoms with E-state index in [2.05, 4.69) is 58.0 Å². The van der Waals surface area contributed by atoms with Gasteiger partial charge in [0.05, 0.1) is 31.0 Å². The summed E-state index contributed by atoms with van der Waals surface area (Å²) in [5.74, 6) is 0.968. The Bertz CT molecular complexity index is 1340. The zero-order valence-electron chi connectivity index (χ0n) is 28.8. The fourth-order valence-electron chi connectivity index (χ4n) is 12.1. The van der Waals surface area contributed by atoms with Crippen molar-refractivity contribution in [3.05, 3.63) is 47.0 Å². The second kappa shape index (κ2) is 11.1. The van der Waals surface area contributed by atoms with E-state index in [9.17, 15) is 10.2 Å². The van der Waals surface area contributed by atoms with Crippen molar-refractivity contribution in [3.8, 4) is 0 Å². The molecule has 0 aromatic heterocycles. The standard InChI is InChI=1S/C40H58O6/c1-5-27-10-11-29-28(21-27)22-37-17-18-40(45-25-35(2,3)26-46-40)24-39(37,42)15-12-30-32-13-16-38(41,36(32,4)23-31(29)34(30)37)14-8-20-44-33-9-6-7-19-43-33/h8,10-11,14,21,30-34,41-42H,5-7,9,12-13,15-20,22-26H2,1-4H3/b14-8-/t30-,31?,32-,33?,34?,36-,37-,38-,39+/m0/s1. The first-order valence-electron chi connectivity index (χ1n) is 18.7. The second-order valence-electron chi connectivity index (χ2n) is 17.6. The fourth-order valence-corrected chi connectivity index (χ4v) is 12.1. The van der Waals surface area contributed by atoms with Gasteiger partial charge in [-0.2, -0.15) is 0 Å². The molecule has 0 bridgehead atoms. The maximum absolute atomic E-state index is 13.0. The zero-order chi connectivity index (χ0) is 32.0. The SMILES string of the molecule is CCc1ccc2c(c1)C[C@]13CCC4(C[C@]1(O)CC[C@@H]1C3C2C[C@@]2(C)[C@H]1CC[C@@]2(O)/C=C\COC1CCCCO1)OCC(C)(C)CO4. The Morgan fingerprint density at radius 1 is 0.978 bits per heavy atom. The van der Waals surface area contributed by atoms with Crippen LogP contribution in [0.5, 0.6) is 0 Å². The van der Waals surface area contributed by atoms with E-state index in [0.29, 0.717) is 49.9 Å². The van der Waals surface area contributed by atoms with Gasteiger partial charge in [-0.15, -0.1) is 0 Å². The van der Waals surface area contributed by atoms with Gasteiger partial charge in [0.15, 0.2) is 12.1 Å². The van der Waals surface area contributed by atoms with Crippen LogP contribution < -0.4 is 0 Å². The molecule has 8 rings (SSSR count). The molecule has 2 aliphatic heterocycles. The lowest BCUT2D eigenvalue weighted by molar-refractivity contribution is -0.358. The average molecular weight is 635 g/mol. The van der Waals surface area contributed by atoms with Crippen LogP contribution in [0.3, 0.4) is 0 Å². The van der Waals surface area contributed by atoms with E-state index in [-0.39, 0.29) is 22.5 Å². The zero-order valence-corrected chi connectivity index (χ0v) is 28.8. The second-order valence-corrected chi connectivity index (χ2v) is 17.6. The van der Waals surface area contributed by atoms with E-state index >= 15 is 0 Å². The maximum Gasteiger partial charge on any atom is 0.171 e. The number of fused-ring (bicyclic) bond motifs is 4. The van der Waals surface area contributed by atoms with Crippen molar-refractivity contribution >= 4 is 0 Å². The molecule has 1 aromatic rings. The summed E-state index contributed by atoms with van der Waals surface area (Å²) in [6, 6.07) is 7.20. The van der Waals surface area contributed by atoms with E-state index in [1.807, 2.05) is 0 Å². The molecule has 0 amide bonds. The van der Waals surface area contributed by atoms with Crippen molar-refractivity contribution in [1.82, 2.24) is 0 Å². The Kier molecular flexibility index (Phi) is 7.72. The molecule has 3 unspecified atom stereocenters. The molecule has 2 saturated heterocycles. The quantitative estimate of drug-likeness (QED) is 0.333. The average Bonchev–Trinajstić information content (AvgIpc) is 3.31. The summed E-state index contributed by atoms with van der Waals surface area (Å²) in [7, 11) is 0. The van der Waals surface area contributed by atoms with Crippen LogP contribution in [0.15, 0.2) is 30.4 Å². The summed E-state index contributed by atoms with van der Waals surface area (Å²) < 4.78 is 25.0. The van der Waals surface area contributed by atoms with E-state index in [1.54, 1.807) is 0 Å². The molecule has 6 nitrogen and oxygen atoms in total. The van der Waals surface area contributed by atoms with Gasteiger partial charge in [0.1, 0.15) is 0 Å². The van der Waals surface area contributed by atoms with Gasteiger partial charge in [-0.05, 0) is 111 Å². The number of aryl methyl sites for hydroxylation is 1. The molecule has 1 aromatic carbocycles. The number of aliphatic hydroxyl groups is 2. The molecule has 4 saturated carbocycles. The predicted octanol–water partition coefficient (Wildman–Crippen LogP) is 7.24. The number of hydrogen-bond acceptors (Lipinski definition) is 6. The number of benzene rings is 1. The molecule has 254 valence electrons. The van der Waals surface area contributed by atoms with Crippen LogP contribution in [-0.2, 0) is 31.8 Å². The highest BCUT2D eigenvalue weighted by Gasteiger charge is 2.73. The van der Waals surface area contributed by atoms with Crippen molar-refractivity contribution in [3.63, 3.8) is 0 Å². The van der Waals surface area contributed by atoms with Crippen LogP contribution in [0.2, 0.25) is 0 Å². The summed E-state index contributed by atoms with van der Waals surface area (Å²) in [6.07, 6.45) is 16.2. The third kappa shape index (κ3) is 4.78. The van der Waals surface area contributed by atoms with Crippen LogP contribution in [0, 0.1) is 34.0 Å². The molecule has 2 spiro atoms. The molecular formula is C40H58O6. The molecule has 6 fully saturated rings. The fraction of sp³-hybridized carbons (Fsp3) is 0.800. The third-order valence-corrected chi connectivity index (χ3v) is 14.6. The van der Waals surface area contributed by atoms with Gasteiger partial charge in [0.2, 0.25) is 0 Å². The van der Waals surface area contributed by atoms with Gasteiger partial charge in [0, 0.05) is 35.7 Å². The minimum absolute atomic E-state index is 0.00338. The maximum atomic E-state index is 13.0. The predicted molar refractivity (Wildman–Crippen MR) is 177 cm³/mol. The largest absolute Gasteiger partial charge is 0.389 e. The van der Waals surface area contributed by atoms with E-state index in [4.69, 9.17) is 18.9 Å². The summed E-state index contributed by atoms with van der Waals surface area (Å²) in [6.45, 7) is 11.6. The molecular weight excluding hydrogens is 576 g/mol. The Hall–Kier alpha value is -1.28. The van der Waals surface area contributed by atoms with Crippen LogP contribution in [0.25, 0.3) is 0 Å². The highest BCUT2D eigenvalue weighted by molar-refractivity contribution is 5.43. The topological polar surface area (TPSA) is 77.4 Å². The summed E-state index contributed by atoms with van der Waals surface area (Å²) in [4.78, 5) is 0. The Morgan fingerprint density at radius 2 is 1.80 bits per heavy atom. The van der Waals surface area contributed by atoms with Crippen LogP contribution in [-0.4, -0.2) is 59.9 Å². The van der Waals surface area contributed by atoms with Crippen LogP contribution in [0.1, 0.15) is 121 Å². The number of hydrogen-bond donors (Lipinski definition) is 2. The smallest absolute Gasteiger partial charge is 0.171 e. The lowest BCUT2D eigenvalue weighted by atomic mass is 9.36.